The Morgan fingerprint density at radius 1 is 1.12 bits per heavy atom. The Hall–Kier alpha value is -2.83. The molecule has 5 nitrogen and oxygen atoms in total. The molecule has 1 aliphatic heterocycles. The van der Waals surface area contributed by atoms with E-state index in [1.165, 1.54) is 11.8 Å². The first kappa shape index (κ1) is 21.0. The predicted octanol–water partition coefficient (Wildman–Crippen LogP) is 5.60. The van der Waals surface area contributed by atoms with Crippen molar-refractivity contribution in [3.05, 3.63) is 77.6 Å². The van der Waals surface area contributed by atoms with E-state index in [1.54, 1.807) is 0 Å². The Labute approximate surface area is 192 Å². The van der Waals surface area contributed by atoms with Gasteiger partial charge in [-0.25, -0.2) is 4.98 Å². The minimum absolute atomic E-state index is 0.133. The molecule has 6 heteroatoms. The number of imidazole rings is 1. The number of ketones is 1. The highest BCUT2D eigenvalue weighted by Crippen LogP contribution is 2.29. The minimum atomic E-state index is 0.133. The first-order valence-electron chi connectivity index (χ1n) is 11.1. The van der Waals surface area contributed by atoms with E-state index in [0.717, 1.165) is 64.8 Å². The molecule has 0 saturated carbocycles. The molecule has 2 aromatic heterocycles. The van der Waals surface area contributed by atoms with Crippen LogP contribution in [0.15, 0.2) is 65.8 Å². The first-order valence-corrected chi connectivity index (χ1v) is 12.1. The molecule has 164 valence electrons. The van der Waals surface area contributed by atoms with Gasteiger partial charge in [-0.15, -0.1) is 0 Å². The Morgan fingerprint density at radius 2 is 1.91 bits per heavy atom. The molecule has 4 aromatic rings. The van der Waals surface area contributed by atoms with Gasteiger partial charge in [-0.05, 0) is 57.0 Å². The van der Waals surface area contributed by atoms with Gasteiger partial charge in [0.1, 0.15) is 0 Å². The molecule has 0 radical (unpaired) electrons. The van der Waals surface area contributed by atoms with E-state index in [1.807, 2.05) is 49.4 Å². The monoisotopic (exact) mass is 445 g/mol. The molecule has 0 N–H and O–H groups in total. The van der Waals surface area contributed by atoms with E-state index in [2.05, 4.69) is 34.3 Å². The number of ether oxygens (including phenoxy) is 1. The van der Waals surface area contributed by atoms with Gasteiger partial charge in [-0.1, -0.05) is 42.1 Å². The van der Waals surface area contributed by atoms with Crippen molar-refractivity contribution < 1.29 is 9.53 Å². The van der Waals surface area contributed by atoms with Gasteiger partial charge < -0.3 is 9.30 Å². The smallest absolute Gasteiger partial charge is 0.175 e. The maximum Gasteiger partial charge on any atom is 0.175 e. The second-order valence-electron chi connectivity index (χ2n) is 8.30. The topological polar surface area (TPSA) is 49.0 Å². The molecule has 0 aliphatic carbocycles. The van der Waals surface area contributed by atoms with Crippen molar-refractivity contribution in [2.24, 2.45) is 0 Å². The van der Waals surface area contributed by atoms with Crippen LogP contribution in [-0.2, 0) is 11.3 Å². The van der Waals surface area contributed by atoms with Crippen LogP contribution < -0.4 is 0 Å². The van der Waals surface area contributed by atoms with E-state index in [-0.39, 0.29) is 11.9 Å². The number of fused-ring (bicyclic) bond motifs is 1. The van der Waals surface area contributed by atoms with Crippen LogP contribution in [0, 0.1) is 13.8 Å². The number of hydrogen-bond donors (Lipinski definition) is 0. The third kappa shape index (κ3) is 4.00. The third-order valence-electron chi connectivity index (χ3n) is 6.16. The largest absolute Gasteiger partial charge is 0.376 e. The molecule has 0 bridgehead atoms. The fourth-order valence-electron chi connectivity index (χ4n) is 4.49. The zero-order valence-electron chi connectivity index (χ0n) is 18.5. The third-order valence-corrected chi connectivity index (χ3v) is 7.10. The second kappa shape index (κ2) is 8.96. The second-order valence-corrected chi connectivity index (χ2v) is 9.24. The lowest BCUT2D eigenvalue weighted by Gasteiger charge is -2.14. The molecule has 5 rings (SSSR count). The number of benzene rings is 2. The quantitative estimate of drug-likeness (QED) is 0.275. The van der Waals surface area contributed by atoms with Crippen molar-refractivity contribution in [2.45, 2.75) is 44.5 Å². The number of rotatable bonds is 7. The molecule has 0 amide bonds. The summed E-state index contributed by atoms with van der Waals surface area (Å²) < 4.78 is 10.2. The zero-order valence-corrected chi connectivity index (χ0v) is 19.3. The number of hydrogen-bond acceptors (Lipinski definition) is 4. The summed E-state index contributed by atoms with van der Waals surface area (Å²) >= 11 is 1.50. The lowest BCUT2D eigenvalue weighted by atomic mass is 10.2. The van der Waals surface area contributed by atoms with Gasteiger partial charge in [0.25, 0.3) is 0 Å². The van der Waals surface area contributed by atoms with Crippen LogP contribution >= 0.6 is 11.8 Å². The molecular weight excluding hydrogens is 418 g/mol. The summed E-state index contributed by atoms with van der Waals surface area (Å²) in [5.74, 6) is 0.480. The van der Waals surface area contributed by atoms with Crippen molar-refractivity contribution in [1.29, 1.82) is 0 Å². The van der Waals surface area contributed by atoms with Gasteiger partial charge in [-0.2, -0.15) is 0 Å². The summed E-state index contributed by atoms with van der Waals surface area (Å²) in [6, 6.07) is 20.3. The van der Waals surface area contributed by atoms with Crippen molar-refractivity contribution in [3.8, 4) is 5.69 Å². The van der Waals surface area contributed by atoms with Crippen LogP contribution in [0.1, 0.15) is 34.6 Å². The van der Waals surface area contributed by atoms with E-state index < -0.39 is 0 Å². The summed E-state index contributed by atoms with van der Waals surface area (Å²) in [6.45, 7) is 5.77. The standard InChI is InChI=1S/C26H27N3O2S/c1-18-15-22(19(2)28(18)16-21-11-8-14-31-21)25(30)17-32-26-27-23-12-6-7-13-24(23)29(26)20-9-4-3-5-10-20/h3-7,9-10,12-13,15,21H,8,11,14,16-17H2,1-2H3/t21-/m1/s1. The van der Waals surface area contributed by atoms with Crippen molar-refractivity contribution in [3.63, 3.8) is 0 Å². The first-order chi connectivity index (χ1) is 15.6. The van der Waals surface area contributed by atoms with Crippen molar-refractivity contribution >= 4 is 28.6 Å². The van der Waals surface area contributed by atoms with Crippen LogP contribution in [-0.4, -0.2) is 38.4 Å². The van der Waals surface area contributed by atoms with Crippen LogP contribution in [0.3, 0.4) is 0 Å². The lowest BCUT2D eigenvalue weighted by Crippen LogP contribution is -2.17. The minimum Gasteiger partial charge on any atom is -0.376 e. The number of aryl methyl sites for hydroxylation is 1. The van der Waals surface area contributed by atoms with Crippen LogP contribution in [0.25, 0.3) is 16.7 Å². The number of aromatic nitrogens is 3. The summed E-state index contributed by atoms with van der Waals surface area (Å²) in [5, 5.41) is 0.832. The normalized spacial score (nSPS) is 16.1. The number of carbonyl (C=O) groups excluding carboxylic acids is 1. The number of thioether (sulfide) groups is 1. The molecule has 32 heavy (non-hydrogen) atoms. The van der Waals surface area contributed by atoms with E-state index in [9.17, 15) is 4.79 Å². The highest BCUT2D eigenvalue weighted by atomic mass is 32.2. The van der Waals surface area contributed by atoms with Gasteiger partial charge in [0, 0.05) is 35.8 Å². The molecule has 2 aromatic carbocycles. The zero-order chi connectivity index (χ0) is 22.1. The highest BCUT2D eigenvalue weighted by Gasteiger charge is 2.22. The molecule has 3 heterocycles. The molecular formula is C26H27N3O2S. The van der Waals surface area contributed by atoms with Gasteiger partial charge in [0.15, 0.2) is 10.9 Å². The van der Waals surface area contributed by atoms with Gasteiger partial charge in [0.05, 0.1) is 22.9 Å². The number of para-hydroxylation sites is 3. The molecule has 0 unspecified atom stereocenters. The fourth-order valence-corrected chi connectivity index (χ4v) is 5.40. The Kier molecular flexibility index (Phi) is 5.89. The Balaban J connectivity index is 1.39. The number of Topliss-reactive ketones (excluding diaryl/α,β-unsaturated/α-hetero) is 1. The average molecular weight is 446 g/mol. The summed E-state index contributed by atoms with van der Waals surface area (Å²) in [6.07, 6.45) is 2.46. The van der Waals surface area contributed by atoms with Crippen LogP contribution in [0.4, 0.5) is 0 Å². The summed E-state index contributed by atoms with van der Waals surface area (Å²) in [4.78, 5) is 18.0. The molecule has 1 atom stereocenters. The van der Waals surface area contributed by atoms with E-state index >= 15 is 0 Å². The predicted molar refractivity (Wildman–Crippen MR) is 129 cm³/mol. The maximum atomic E-state index is 13.2. The highest BCUT2D eigenvalue weighted by molar-refractivity contribution is 7.99. The van der Waals surface area contributed by atoms with E-state index in [4.69, 9.17) is 9.72 Å². The molecule has 1 fully saturated rings. The van der Waals surface area contributed by atoms with Gasteiger partial charge in [-0.3, -0.25) is 9.36 Å². The Morgan fingerprint density at radius 3 is 2.69 bits per heavy atom. The van der Waals surface area contributed by atoms with E-state index in [0.29, 0.717) is 5.75 Å². The molecule has 1 aliphatic rings. The number of nitrogens with zero attached hydrogens (tertiary/aromatic N) is 3. The van der Waals surface area contributed by atoms with Crippen molar-refractivity contribution in [1.82, 2.24) is 14.1 Å². The van der Waals surface area contributed by atoms with Crippen LogP contribution in [0.5, 0.6) is 0 Å². The summed E-state index contributed by atoms with van der Waals surface area (Å²) in [5.41, 5.74) is 5.97. The van der Waals surface area contributed by atoms with Crippen molar-refractivity contribution in [2.75, 3.05) is 12.4 Å². The molecule has 0 spiro atoms. The Bertz CT molecular complexity index is 1250. The van der Waals surface area contributed by atoms with Crippen LogP contribution in [0.2, 0.25) is 0 Å². The maximum absolute atomic E-state index is 13.2. The average Bonchev–Trinajstić information content (AvgIpc) is 3.52. The van der Waals surface area contributed by atoms with Gasteiger partial charge >= 0.3 is 0 Å². The number of carbonyl (C=O) groups is 1. The lowest BCUT2D eigenvalue weighted by molar-refractivity contribution is 0.0957. The summed E-state index contributed by atoms with van der Waals surface area (Å²) in [7, 11) is 0. The van der Waals surface area contributed by atoms with Gasteiger partial charge in [0.2, 0.25) is 0 Å². The SMILES string of the molecule is Cc1cc(C(=O)CSc2nc3ccccc3n2-c2ccccc2)c(C)n1C[C@H]1CCCO1. The molecule has 1 saturated heterocycles. The fraction of sp³-hybridized carbons (Fsp3) is 0.308.